The predicted molar refractivity (Wildman–Crippen MR) is 92.2 cm³/mol. The van der Waals surface area contributed by atoms with Gasteiger partial charge in [0.1, 0.15) is 10.8 Å². The zero-order chi connectivity index (χ0) is 15.5. The van der Waals surface area contributed by atoms with Crippen LogP contribution < -0.4 is 10.5 Å². The minimum Gasteiger partial charge on any atom is -0.496 e. The van der Waals surface area contributed by atoms with E-state index in [1.54, 1.807) is 18.4 Å². The van der Waals surface area contributed by atoms with Gasteiger partial charge in [-0.25, -0.2) is 4.98 Å². The number of hydrogen-bond donors (Lipinski definition) is 1. The summed E-state index contributed by atoms with van der Waals surface area (Å²) < 4.78 is 5.30. The molecule has 0 saturated heterocycles. The fraction of sp³-hybridized carbons (Fsp3) is 0.167. The molecular weight excluding hydrogens is 292 g/mol. The number of nitrogens with two attached hydrogens (primary N) is 1. The van der Waals surface area contributed by atoms with Crippen molar-refractivity contribution in [1.82, 2.24) is 4.98 Å². The first kappa shape index (κ1) is 14.8. The summed E-state index contributed by atoms with van der Waals surface area (Å²) in [5.41, 5.74) is 11.1. The first-order chi connectivity index (χ1) is 10.7. The Labute approximate surface area is 134 Å². The van der Waals surface area contributed by atoms with Crippen molar-refractivity contribution in [2.45, 2.75) is 13.5 Å². The zero-order valence-electron chi connectivity index (χ0n) is 12.7. The average molecular weight is 310 g/mol. The molecule has 112 valence electrons. The summed E-state index contributed by atoms with van der Waals surface area (Å²) in [6.45, 7) is 2.61. The number of benzene rings is 2. The molecule has 1 aromatic heterocycles. The van der Waals surface area contributed by atoms with Gasteiger partial charge in [0.15, 0.2) is 0 Å². The normalized spacial score (nSPS) is 10.7. The quantitative estimate of drug-likeness (QED) is 0.783. The molecular formula is C18H18N2OS. The van der Waals surface area contributed by atoms with Gasteiger partial charge >= 0.3 is 0 Å². The van der Waals surface area contributed by atoms with Crippen LogP contribution in [0.3, 0.4) is 0 Å². The molecule has 0 unspecified atom stereocenters. The van der Waals surface area contributed by atoms with Gasteiger partial charge in [0.05, 0.1) is 12.8 Å². The van der Waals surface area contributed by atoms with Gasteiger partial charge < -0.3 is 10.5 Å². The molecule has 1 heterocycles. The lowest BCUT2D eigenvalue weighted by Crippen LogP contribution is -1.95. The van der Waals surface area contributed by atoms with Gasteiger partial charge in [0.25, 0.3) is 0 Å². The van der Waals surface area contributed by atoms with Crippen molar-refractivity contribution in [3.05, 3.63) is 59.0 Å². The van der Waals surface area contributed by atoms with Gasteiger partial charge in [0.2, 0.25) is 0 Å². The molecule has 0 aliphatic carbocycles. The fourth-order valence-electron chi connectivity index (χ4n) is 2.36. The predicted octanol–water partition coefficient (Wildman–Crippen LogP) is 4.25. The maximum absolute atomic E-state index is 5.63. The molecule has 3 nitrogen and oxygen atoms in total. The van der Waals surface area contributed by atoms with Crippen molar-refractivity contribution < 1.29 is 4.74 Å². The number of nitrogens with zero attached hydrogens (tertiary/aromatic N) is 1. The average Bonchev–Trinajstić information content (AvgIpc) is 3.05. The number of rotatable bonds is 4. The first-order valence-corrected chi connectivity index (χ1v) is 7.99. The van der Waals surface area contributed by atoms with Crippen LogP contribution in [0.15, 0.2) is 47.8 Å². The summed E-state index contributed by atoms with van der Waals surface area (Å²) in [6, 6.07) is 14.4. The highest BCUT2D eigenvalue weighted by molar-refractivity contribution is 7.13. The summed E-state index contributed by atoms with van der Waals surface area (Å²) >= 11 is 1.65. The van der Waals surface area contributed by atoms with Gasteiger partial charge in [-0.3, -0.25) is 0 Å². The van der Waals surface area contributed by atoms with Crippen LogP contribution in [0, 0.1) is 6.92 Å². The Morgan fingerprint density at radius 1 is 1.09 bits per heavy atom. The molecule has 3 aromatic rings. The van der Waals surface area contributed by atoms with Gasteiger partial charge in [-0.05, 0) is 36.2 Å². The monoisotopic (exact) mass is 310 g/mol. The summed E-state index contributed by atoms with van der Waals surface area (Å²) in [4.78, 5) is 4.75. The topological polar surface area (TPSA) is 48.1 Å². The molecule has 4 heteroatoms. The minimum absolute atomic E-state index is 0.564. The minimum atomic E-state index is 0.564. The fourth-order valence-corrected chi connectivity index (χ4v) is 3.20. The van der Waals surface area contributed by atoms with E-state index in [0.29, 0.717) is 6.54 Å². The Balaban J connectivity index is 1.91. The summed E-state index contributed by atoms with van der Waals surface area (Å²) in [5.74, 6) is 0.900. The van der Waals surface area contributed by atoms with Crippen LogP contribution in [0.4, 0.5) is 0 Å². The Morgan fingerprint density at radius 3 is 2.45 bits per heavy atom. The summed E-state index contributed by atoms with van der Waals surface area (Å²) in [7, 11) is 1.69. The molecule has 22 heavy (non-hydrogen) atoms. The lowest BCUT2D eigenvalue weighted by Gasteiger charge is -2.05. The van der Waals surface area contributed by atoms with E-state index in [-0.39, 0.29) is 0 Å². The molecule has 0 aliphatic rings. The van der Waals surface area contributed by atoms with Crippen LogP contribution >= 0.6 is 11.3 Å². The maximum atomic E-state index is 5.63. The van der Waals surface area contributed by atoms with Crippen molar-refractivity contribution in [3.63, 3.8) is 0 Å². The molecule has 0 atom stereocenters. The highest BCUT2D eigenvalue weighted by atomic mass is 32.1. The second kappa shape index (κ2) is 6.30. The number of thiazole rings is 1. The lowest BCUT2D eigenvalue weighted by molar-refractivity contribution is 0.412. The molecule has 0 radical (unpaired) electrons. The van der Waals surface area contributed by atoms with Crippen LogP contribution in [0.2, 0.25) is 0 Å². The second-order valence-electron chi connectivity index (χ2n) is 5.12. The molecule has 0 spiro atoms. The third-order valence-electron chi connectivity index (χ3n) is 3.63. The van der Waals surface area contributed by atoms with Crippen LogP contribution in [0.25, 0.3) is 21.8 Å². The Kier molecular flexibility index (Phi) is 4.22. The highest BCUT2D eigenvalue weighted by Crippen LogP contribution is 2.31. The number of aromatic nitrogens is 1. The van der Waals surface area contributed by atoms with E-state index in [2.05, 4.69) is 23.6 Å². The smallest absolute Gasteiger partial charge is 0.124 e. The van der Waals surface area contributed by atoms with Crippen molar-refractivity contribution in [2.75, 3.05) is 7.11 Å². The standard InChI is InChI=1S/C18H18N2OS/c1-12-9-15(7-8-17(12)21-2)16-11-22-18(20-16)14-5-3-13(10-19)4-6-14/h3-9,11H,10,19H2,1-2H3. The van der Waals surface area contributed by atoms with Crippen molar-refractivity contribution in [3.8, 4) is 27.6 Å². The third-order valence-corrected chi connectivity index (χ3v) is 4.52. The van der Waals surface area contributed by atoms with Gasteiger partial charge in [-0.2, -0.15) is 0 Å². The molecule has 2 aromatic carbocycles. The Bertz CT molecular complexity index is 778. The van der Waals surface area contributed by atoms with E-state index in [0.717, 1.165) is 38.7 Å². The van der Waals surface area contributed by atoms with Gasteiger partial charge in [0, 0.05) is 23.1 Å². The molecule has 0 bridgehead atoms. The van der Waals surface area contributed by atoms with E-state index < -0.39 is 0 Å². The Hall–Kier alpha value is -2.17. The van der Waals surface area contributed by atoms with Crippen LogP contribution in [0.1, 0.15) is 11.1 Å². The third kappa shape index (κ3) is 2.89. The molecule has 0 saturated carbocycles. The van der Waals surface area contributed by atoms with E-state index >= 15 is 0 Å². The largest absolute Gasteiger partial charge is 0.496 e. The van der Waals surface area contributed by atoms with Crippen molar-refractivity contribution in [2.24, 2.45) is 5.73 Å². The molecule has 0 aliphatic heterocycles. The zero-order valence-corrected chi connectivity index (χ0v) is 13.5. The maximum Gasteiger partial charge on any atom is 0.124 e. The Morgan fingerprint density at radius 2 is 1.82 bits per heavy atom. The van der Waals surface area contributed by atoms with Crippen LogP contribution in [-0.4, -0.2) is 12.1 Å². The number of methoxy groups -OCH3 is 1. The SMILES string of the molecule is COc1ccc(-c2csc(-c3ccc(CN)cc3)n2)cc1C. The highest BCUT2D eigenvalue weighted by Gasteiger charge is 2.08. The first-order valence-electron chi connectivity index (χ1n) is 7.11. The second-order valence-corrected chi connectivity index (χ2v) is 5.98. The van der Waals surface area contributed by atoms with Gasteiger partial charge in [-0.15, -0.1) is 11.3 Å². The van der Waals surface area contributed by atoms with E-state index in [4.69, 9.17) is 15.5 Å². The van der Waals surface area contributed by atoms with Crippen LogP contribution in [-0.2, 0) is 6.54 Å². The van der Waals surface area contributed by atoms with Crippen molar-refractivity contribution >= 4 is 11.3 Å². The molecule has 2 N–H and O–H groups in total. The summed E-state index contributed by atoms with van der Waals surface area (Å²) in [6.07, 6.45) is 0. The molecule has 0 amide bonds. The van der Waals surface area contributed by atoms with E-state index in [9.17, 15) is 0 Å². The van der Waals surface area contributed by atoms with E-state index in [1.165, 1.54) is 0 Å². The van der Waals surface area contributed by atoms with Crippen molar-refractivity contribution in [1.29, 1.82) is 0 Å². The number of aryl methyl sites for hydroxylation is 1. The number of ether oxygens (including phenoxy) is 1. The van der Waals surface area contributed by atoms with Crippen LogP contribution in [0.5, 0.6) is 5.75 Å². The lowest BCUT2D eigenvalue weighted by atomic mass is 10.1. The van der Waals surface area contributed by atoms with Gasteiger partial charge in [-0.1, -0.05) is 24.3 Å². The summed E-state index contributed by atoms with van der Waals surface area (Å²) in [5, 5.41) is 3.11. The molecule has 0 fully saturated rings. The molecule has 3 rings (SSSR count). The number of hydrogen-bond acceptors (Lipinski definition) is 4. The van der Waals surface area contributed by atoms with E-state index in [1.807, 2.05) is 31.2 Å².